The van der Waals surface area contributed by atoms with Crippen LogP contribution in [0.15, 0.2) is 30.3 Å². The summed E-state index contributed by atoms with van der Waals surface area (Å²) >= 11 is 0. The van der Waals surface area contributed by atoms with E-state index in [4.69, 9.17) is 0 Å². The van der Waals surface area contributed by atoms with Gasteiger partial charge < -0.3 is 5.32 Å². The van der Waals surface area contributed by atoms with Crippen LogP contribution >= 0.6 is 0 Å². The summed E-state index contributed by atoms with van der Waals surface area (Å²) in [6.45, 7) is 5.56. The van der Waals surface area contributed by atoms with E-state index in [0.717, 1.165) is 6.54 Å². The van der Waals surface area contributed by atoms with E-state index in [1.165, 1.54) is 18.4 Å². The molecular formula is C15H26N2. The molecule has 0 spiro atoms. The molecule has 0 aromatic heterocycles. The van der Waals surface area contributed by atoms with Gasteiger partial charge in [0.2, 0.25) is 0 Å². The van der Waals surface area contributed by atoms with Crippen LogP contribution in [0.4, 0.5) is 0 Å². The molecule has 1 aromatic carbocycles. The first-order valence-corrected chi connectivity index (χ1v) is 6.62. The second-order valence-corrected chi connectivity index (χ2v) is 4.79. The summed E-state index contributed by atoms with van der Waals surface area (Å²) in [5.74, 6) is 0. The molecule has 1 aromatic rings. The Bertz CT molecular complexity index is 297. The van der Waals surface area contributed by atoms with Gasteiger partial charge in [0.15, 0.2) is 0 Å². The van der Waals surface area contributed by atoms with E-state index < -0.39 is 0 Å². The van der Waals surface area contributed by atoms with Gasteiger partial charge in [-0.3, -0.25) is 4.90 Å². The normalized spacial score (nSPS) is 14.9. The monoisotopic (exact) mass is 234 g/mol. The Morgan fingerprint density at radius 1 is 1.24 bits per heavy atom. The van der Waals surface area contributed by atoms with Crippen molar-refractivity contribution in [1.82, 2.24) is 10.2 Å². The van der Waals surface area contributed by atoms with Crippen LogP contribution in [0.1, 0.15) is 38.3 Å². The number of hydrogen-bond donors (Lipinski definition) is 1. The van der Waals surface area contributed by atoms with E-state index in [1.807, 2.05) is 7.05 Å². The summed E-state index contributed by atoms with van der Waals surface area (Å²) in [5.41, 5.74) is 1.40. The highest BCUT2D eigenvalue weighted by molar-refractivity contribution is 5.19. The van der Waals surface area contributed by atoms with Crippen molar-refractivity contribution in [3.8, 4) is 0 Å². The van der Waals surface area contributed by atoms with Crippen LogP contribution in [-0.4, -0.2) is 31.6 Å². The lowest BCUT2D eigenvalue weighted by atomic mass is 10.0. The van der Waals surface area contributed by atoms with Gasteiger partial charge >= 0.3 is 0 Å². The van der Waals surface area contributed by atoms with Crippen molar-refractivity contribution in [2.24, 2.45) is 0 Å². The molecule has 1 rings (SSSR count). The topological polar surface area (TPSA) is 15.3 Å². The van der Waals surface area contributed by atoms with E-state index in [0.29, 0.717) is 12.1 Å². The third-order valence-corrected chi connectivity index (χ3v) is 3.48. The second kappa shape index (κ2) is 7.46. The molecule has 0 aliphatic rings. The number of likely N-dealkylation sites (N-methyl/N-ethyl adjacent to an activating group) is 2. The maximum atomic E-state index is 3.30. The minimum Gasteiger partial charge on any atom is -0.318 e. The predicted molar refractivity (Wildman–Crippen MR) is 75.2 cm³/mol. The molecule has 2 heteroatoms. The fourth-order valence-corrected chi connectivity index (χ4v) is 2.29. The fraction of sp³-hybridized carbons (Fsp3) is 0.600. The van der Waals surface area contributed by atoms with E-state index in [-0.39, 0.29) is 0 Å². The van der Waals surface area contributed by atoms with E-state index in [9.17, 15) is 0 Å². The Labute approximate surface area is 106 Å². The summed E-state index contributed by atoms with van der Waals surface area (Å²) in [5, 5.41) is 3.30. The number of rotatable bonds is 7. The molecule has 0 amide bonds. The largest absolute Gasteiger partial charge is 0.318 e. The predicted octanol–water partition coefficient (Wildman–Crippen LogP) is 3.07. The van der Waals surface area contributed by atoms with Gasteiger partial charge in [-0.1, -0.05) is 43.7 Å². The molecular weight excluding hydrogens is 208 g/mol. The first-order valence-electron chi connectivity index (χ1n) is 6.62. The highest BCUT2D eigenvalue weighted by Crippen LogP contribution is 2.22. The Balaban J connectivity index is 2.78. The molecule has 0 fully saturated rings. The van der Waals surface area contributed by atoms with Crippen LogP contribution in [0.3, 0.4) is 0 Å². The van der Waals surface area contributed by atoms with Crippen molar-refractivity contribution in [1.29, 1.82) is 0 Å². The lowest BCUT2D eigenvalue weighted by Gasteiger charge is -2.33. The minimum atomic E-state index is 0.461. The Kier molecular flexibility index (Phi) is 6.23. The van der Waals surface area contributed by atoms with Gasteiger partial charge in [0.05, 0.1) is 0 Å². The van der Waals surface area contributed by atoms with Crippen LogP contribution in [0.25, 0.3) is 0 Å². The second-order valence-electron chi connectivity index (χ2n) is 4.79. The average molecular weight is 234 g/mol. The van der Waals surface area contributed by atoms with Crippen molar-refractivity contribution < 1.29 is 0 Å². The van der Waals surface area contributed by atoms with Crippen LogP contribution in [0.2, 0.25) is 0 Å². The minimum absolute atomic E-state index is 0.461. The molecule has 0 aliphatic heterocycles. The van der Waals surface area contributed by atoms with Gasteiger partial charge in [0, 0.05) is 18.6 Å². The van der Waals surface area contributed by atoms with Crippen LogP contribution in [0.5, 0.6) is 0 Å². The average Bonchev–Trinajstić information content (AvgIpc) is 2.36. The molecule has 2 atom stereocenters. The summed E-state index contributed by atoms with van der Waals surface area (Å²) in [6.07, 6.45) is 2.50. The van der Waals surface area contributed by atoms with Crippen LogP contribution in [0, 0.1) is 0 Å². The summed E-state index contributed by atoms with van der Waals surface area (Å²) in [6, 6.07) is 11.8. The quantitative estimate of drug-likeness (QED) is 0.780. The van der Waals surface area contributed by atoms with Gasteiger partial charge in [-0.05, 0) is 33.0 Å². The van der Waals surface area contributed by atoms with Gasteiger partial charge in [-0.25, -0.2) is 0 Å². The molecule has 1 N–H and O–H groups in total. The third kappa shape index (κ3) is 4.14. The third-order valence-electron chi connectivity index (χ3n) is 3.48. The molecule has 0 heterocycles. The fourth-order valence-electron chi connectivity index (χ4n) is 2.29. The molecule has 0 saturated heterocycles. The van der Waals surface area contributed by atoms with E-state index in [2.05, 4.69) is 61.4 Å². The molecule has 17 heavy (non-hydrogen) atoms. The van der Waals surface area contributed by atoms with Gasteiger partial charge in [-0.15, -0.1) is 0 Å². The smallest absolute Gasteiger partial charge is 0.0472 e. The number of hydrogen-bond acceptors (Lipinski definition) is 2. The zero-order valence-electron chi connectivity index (χ0n) is 11.6. The summed E-state index contributed by atoms with van der Waals surface area (Å²) < 4.78 is 0. The number of nitrogens with one attached hydrogen (secondary N) is 1. The van der Waals surface area contributed by atoms with Crippen molar-refractivity contribution in [2.75, 3.05) is 20.6 Å². The summed E-state index contributed by atoms with van der Waals surface area (Å²) in [7, 11) is 4.25. The Morgan fingerprint density at radius 2 is 1.88 bits per heavy atom. The van der Waals surface area contributed by atoms with Gasteiger partial charge in [0.25, 0.3) is 0 Å². The molecule has 0 bridgehead atoms. The zero-order valence-corrected chi connectivity index (χ0v) is 11.6. The molecule has 0 aliphatic carbocycles. The first kappa shape index (κ1) is 14.2. The lowest BCUT2D eigenvalue weighted by molar-refractivity contribution is 0.174. The van der Waals surface area contributed by atoms with Crippen molar-refractivity contribution >= 4 is 0 Å². The standard InChI is InChI=1S/C15H26N2/c1-5-9-13(2)17(4)15(12-16-3)14-10-7-6-8-11-14/h6-8,10-11,13,15-16H,5,9,12H2,1-4H3. The first-order chi connectivity index (χ1) is 8.20. The zero-order chi connectivity index (χ0) is 12.7. The van der Waals surface area contributed by atoms with E-state index >= 15 is 0 Å². The highest BCUT2D eigenvalue weighted by atomic mass is 15.2. The number of benzene rings is 1. The SMILES string of the molecule is CCCC(C)N(C)C(CNC)c1ccccc1. The molecule has 96 valence electrons. The van der Waals surface area contributed by atoms with Gasteiger partial charge in [-0.2, -0.15) is 0 Å². The van der Waals surface area contributed by atoms with Crippen molar-refractivity contribution in [3.63, 3.8) is 0 Å². The molecule has 2 unspecified atom stereocenters. The molecule has 0 radical (unpaired) electrons. The summed E-state index contributed by atoms with van der Waals surface area (Å²) in [4.78, 5) is 2.48. The number of nitrogens with zero attached hydrogens (tertiary/aromatic N) is 1. The van der Waals surface area contributed by atoms with Crippen LogP contribution < -0.4 is 5.32 Å². The Morgan fingerprint density at radius 3 is 2.41 bits per heavy atom. The maximum Gasteiger partial charge on any atom is 0.0472 e. The Hall–Kier alpha value is -0.860. The lowest BCUT2D eigenvalue weighted by Crippen LogP contribution is -2.37. The maximum absolute atomic E-state index is 3.30. The van der Waals surface area contributed by atoms with Crippen molar-refractivity contribution in [3.05, 3.63) is 35.9 Å². The molecule has 2 nitrogen and oxygen atoms in total. The molecule has 0 saturated carbocycles. The van der Waals surface area contributed by atoms with Gasteiger partial charge in [0.1, 0.15) is 0 Å². The van der Waals surface area contributed by atoms with E-state index in [1.54, 1.807) is 0 Å². The van der Waals surface area contributed by atoms with Crippen LogP contribution in [-0.2, 0) is 0 Å². The van der Waals surface area contributed by atoms with Crippen molar-refractivity contribution in [2.45, 2.75) is 38.8 Å². The highest BCUT2D eigenvalue weighted by Gasteiger charge is 2.19.